The zero-order valence-corrected chi connectivity index (χ0v) is 7.52. The molecule has 0 spiro atoms. The van der Waals surface area contributed by atoms with Crippen molar-refractivity contribution >= 4 is 11.9 Å². The first kappa shape index (κ1) is 11.9. The molecule has 2 atom stereocenters. The Kier molecular flexibility index (Phi) is 3.39. The Morgan fingerprint density at radius 3 is 1.46 bits per heavy atom. The van der Waals surface area contributed by atoms with Gasteiger partial charge in [-0.25, -0.2) is 0 Å². The normalized spacial score (nSPS) is 16.3. The lowest BCUT2D eigenvalue weighted by Crippen LogP contribution is -2.56. The van der Waals surface area contributed by atoms with Crippen LogP contribution < -0.4 is 11.5 Å². The lowest BCUT2D eigenvalue weighted by atomic mass is 9.78. The summed E-state index contributed by atoms with van der Waals surface area (Å²) in [5, 5.41) is 17.1. The van der Waals surface area contributed by atoms with Gasteiger partial charge >= 0.3 is 11.9 Å². The van der Waals surface area contributed by atoms with E-state index >= 15 is 0 Å². The Balaban J connectivity index is 4.74. The predicted octanol–water partition coefficient (Wildman–Crippen LogP) is -1.16. The molecule has 6 heteroatoms. The van der Waals surface area contributed by atoms with Crippen molar-refractivity contribution in [3.63, 3.8) is 0 Å². The first-order chi connectivity index (χ1) is 5.71. The van der Waals surface area contributed by atoms with Gasteiger partial charge in [0.15, 0.2) is 0 Å². The monoisotopic (exact) mass is 190 g/mol. The van der Waals surface area contributed by atoms with Crippen LogP contribution in [0, 0.1) is 5.41 Å². The average molecular weight is 190 g/mol. The van der Waals surface area contributed by atoms with Gasteiger partial charge in [-0.15, -0.1) is 0 Å². The van der Waals surface area contributed by atoms with Gasteiger partial charge in [-0.1, -0.05) is 13.8 Å². The van der Waals surface area contributed by atoms with Crippen LogP contribution in [0.4, 0.5) is 0 Å². The Hall–Kier alpha value is -1.14. The fourth-order valence-corrected chi connectivity index (χ4v) is 0.830. The van der Waals surface area contributed by atoms with Gasteiger partial charge in [-0.05, 0) is 0 Å². The maximum Gasteiger partial charge on any atom is 0.321 e. The van der Waals surface area contributed by atoms with Crippen LogP contribution >= 0.6 is 0 Å². The molecule has 0 heterocycles. The van der Waals surface area contributed by atoms with Crippen molar-refractivity contribution in [1.82, 2.24) is 0 Å². The first-order valence-corrected chi connectivity index (χ1v) is 3.68. The molecule has 0 unspecified atom stereocenters. The van der Waals surface area contributed by atoms with E-state index < -0.39 is 29.4 Å². The van der Waals surface area contributed by atoms with E-state index in [1.807, 2.05) is 0 Å². The molecule has 0 saturated carbocycles. The number of hydrogen-bond acceptors (Lipinski definition) is 4. The van der Waals surface area contributed by atoms with E-state index in [0.717, 1.165) is 0 Å². The number of hydrogen-bond donors (Lipinski definition) is 4. The highest BCUT2D eigenvalue weighted by Gasteiger charge is 2.41. The lowest BCUT2D eigenvalue weighted by Gasteiger charge is -2.31. The number of aliphatic carboxylic acids is 2. The third-order valence-corrected chi connectivity index (χ3v) is 2.14. The minimum absolute atomic E-state index is 1.18. The molecule has 6 nitrogen and oxygen atoms in total. The van der Waals surface area contributed by atoms with Gasteiger partial charge in [0.2, 0.25) is 0 Å². The van der Waals surface area contributed by atoms with Gasteiger partial charge in [0.05, 0.1) is 0 Å². The van der Waals surface area contributed by atoms with Crippen LogP contribution in [-0.2, 0) is 9.59 Å². The van der Waals surface area contributed by atoms with E-state index in [9.17, 15) is 9.59 Å². The van der Waals surface area contributed by atoms with Gasteiger partial charge in [-0.3, -0.25) is 9.59 Å². The Morgan fingerprint density at radius 1 is 1.08 bits per heavy atom. The van der Waals surface area contributed by atoms with Crippen LogP contribution in [0.5, 0.6) is 0 Å². The van der Waals surface area contributed by atoms with Crippen molar-refractivity contribution < 1.29 is 19.8 Å². The molecule has 0 aliphatic heterocycles. The summed E-state index contributed by atoms with van der Waals surface area (Å²) in [6, 6.07) is -2.59. The Labute approximate surface area is 75.5 Å². The van der Waals surface area contributed by atoms with Crippen molar-refractivity contribution in [2.24, 2.45) is 16.9 Å². The van der Waals surface area contributed by atoms with E-state index in [1.54, 1.807) is 0 Å². The van der Waals surface area contributed by atoms with Crippen molar-refractivity contribution in [1.29, 1.82) is 0 Å². The summed E-state index contributed by atoms with van der Waals surface area (Å²) in [5.74, 6) is -2.52. The molecule has 76 valence electrons. The van der Waals surface area contributed by atoms with Crippen LogP contribution in [0.25, 0.3) is 0 Å². The number of carboxylic acids is 2. The largest absolute Gasteiger partial charge is 0.480 e. The molecule has 0 aliphatic carbocycles. The van der Waals surface area contributed by atoms with Crippen molar-refractivity contribution in [2.45, 2.75) is 25.9 Å². The molecule has 0 aromatic carbocycles. The van der Waals surface area contributed by atoms with Crippen molar-refractivity contribution in [3.8, 4) is 0 Å². The van der Waals surface area contributed by atoms with Crippen LogP contribution in [0.15, 0.2) is 0 Å². The molecule has 0 aromatic heterocycles. The highest BCUT2D eigenvalue weighted by Crippen LogP contribution is 2.23. The second-order valence-electron chi connectivity index (χ2n) is 3.45. The minimum atomic E-state index is -1.29. The predicted molar refractivity (Wildman–Crippen MR) is 45.0 cm³/mol. The molecule has 6 N–H and O–H groups in total. The van der Waals surface area contributed by atoms with Gasteiger partial charge < -0.3 is 21.7 Å². The molecule has 0 radical (unpaired) electrons. The quantitative estimate of drug-likeness (QED) is 0.442. The summed E-state index contributed by atoms with van der Waals surface area (Å²) in [4.78, 5) is 21.0. The molecule has 0 aliphatic rings. The smallest absolute Gasteiger partial charge is 0.321 e. The zero-order chi connectivity index (χ0) is 10.8. The second kappa shape index (κ2) is 3.71. The van der Waals surface area contributed by atoms with Crippen LogP contribution in [-0.4, -0.2) is 34.2 Å². The van der Waals surface area contributed by atoms with Crippen LogP contribution in [0.3, 0.4) is 0 Å². The SMILES string of the molecule is CC(C)([C@H](N)C(=O)O)[C@@H](N)C(=O)O. The maximum atomic E-state index is 10.5. The van der Waals surface area contributed by atoms with Gasteiger partial charge in [-0.2, -0.15) is 0 Å². The average Bonchev–Trinajstić information content (AvgIpc) is 2.01. The Morgan fingerprint density at radius 2 is 1.31 bits per heavy atom. The topological polar surface area (TPSA) is 127 Å². The minimum Gasteiger partial charge on any atom is -0.480 e. The zero-order valence-electron chi connectivity index (χ0n) is 7.52. The number of carboxylic acid groups (broad SMARTS) is 2. The van der Waals surface area contributed by atoms with E-state index in [4.69, 9.17) is 21.7 Å². The molecule has 13 heavy (non-hydrogen) atoms. The highest BCUT2D eigenvalue weighted by atomic mass is 16.4. The van der Waals surface area contributed by atoms with Crippen LogP contribution in [0.2, 0.25) is 0 Å². The van der Waals surface area contributed by atoms with E-state index in [1.165, 1.54) is 13.8 Å². The summed E-state index contributed by atoms with van der Waals surface area (Å²) < 4.78 is 0. The molecular formula is C7H14N2O4. The molecule has 0 fully saturated rings. The van der Waals surface area contributed by atoms with E-state index in [-0.39, 0.29) is 0 Å². The summed E-state index contributed by atoms with van der Waals surface area (Å²) >= 11 is 0. The number of nitrogens with two attached hydrogens (primary N) is 2. The lowest BCUT2D eigenvalue weighted by molar-refractivity contribution is -0.146. The summed E-state index contributed by atoms with van der Waals surface area (Å²) in [5.41, 5.74) is 9.40. The van der Waals surface area contributed by atoms with E-state index in [0.29, 0.717) is 0 Å². The number of rotatable bonds is 4. The van der Waals surface area contributed by atoms with Crippen molar-refractivity contribution in [2.75, 3.05) is 0 Å². The maximum absolute atomic E-state index is 10.5. The standard InChI is InChI=1S/C7H14N2O4/c1-7(2,3(8)5(10)11)4(9)6(12)13/h3-4H,8-9H2,1-2H3,(H,10,11)(H,12,13)/t3-,4+. The molecule has 0 rings (SSSR count). The molecule has 0 bridgehead atoms. The summed E-state index contributed by atoms with van der Waals surface area (Å²) in [7, 11) is 0. The number of carbonyl (C=O) groups is 2. The summed E-state index contributed by atoms with van der Waals surface area (Å²) in [6.07, 6.45) is 0. The Bertz CT molecular complexity index is 205. The van der Waals surface area contributed by atoms with E-state index in [2.05, 4.69) is 0 Å². The highest BCUT2D eigenvalue weighted by molar-refractivity contribution is 5.79. The van der Waals surface area contributed by atoms with Gasteiger partial charge in [0, 0.05) is 5.41 Å². The third kappa shape index (κ3) is 2.40. The first-order valence-electron chi connectivity index (χ1n) is 3.68. The van der Waals surface area contributed by atoms with Crippen molar-refractivity contribution in [3.05, 3.63) is 0 Å². The fraction of sp³-hybridized carbons (Fsp3) is 0.714. The second-order valence-corrected chi connectivity index (χ2v) is 3.45. The van der Waals surface area contributed by atoms with Crippen LogP contribution in [0.1, 0.15) is 13.8 Å². The van der Waals surface area contributed by atoms with Gasteiger partial charge in [0.25, 0.3) is 0 Å². The van der Waals surface area contributed by atoms with Gasteiger partial charge in [0.1, 0.15) is 12.1 Å². The summed E-state index contributed by atoms with van der Waals surface area (Å²) in [6.45, 7) is 2.81. The molecule has 0 saturated heterocycles. The third-order valence-electron chi connectivity index (χ3n) is 2.14. The molecule has 0 aromatic rings. The molecular weight excluding hydrogens is 176 g/mol. The fourth-order valence-electron chi connectivity index (χ4n) is 0.830. The molecule has 0 amide bonds.